The van der Waals surface area contributed by atoms with Gasteiger partial charge in [0.05, 0.1) is 18.8 Å². The van der Waals surface area contributed by atoms with Crippen LogP contribution in [-0.2, 0) is 4.79 Å². The largest absolute Gasteiger partial charge is 0.394 e. The number of carbonyl (C=O) groups excluding carboxylic acids is 1. The van der Waals surface area contributed by atoms with Gasteiger partial charge in [0.2, 0.25) is 5.91 Å². The van der Waals surface area contributed by atoms with E-state index in [1.807, 2.05) is 6.92 Å². The van der Waals surface area contributed by atoms with Gasteiger partial charge in [-0.05, 0) is 19.8 Å². The molecular weight excluding hydrogens is 194 g/mol. The van der Waals surface area contributed by atoms with Gasteiger partial charge in [0.1, 0.15) is 0 Å². The zero-order valence-corrected chi connectivity index (χ0v) is 9.55. The predicted molar refractivity (Wildman–Crippen MR) is 57.3 cm³/mol. The van der Waals surface area contributed by atoms with Crippen molar-refractivity contribution in [2.45, 2.75) is 45.1 Å². The molecule has 15 heavy (non-hydrogen) atoms. The SMILES string of the molecule is CC(CO)(CO)NC(=O)C1(C)CCCC1. The maximum Gasteiger partial charge on any atom is 0.226 e. The molecule has 1 aliphatic rings. The summed E-state index contributed by atoms with van der Waals surface area (Å²) < 4.78 is 0. The van der Waals surface area contributed by atoms with Gasteiger partial charge in [-0.15, -0.1) is 0 Å². The lowest BCUT2D eigenvalue weighted by Crippen LogP contribution is -2.55. The molecule has 0 radical (unpaired) electrons. The first kappa shape index (κ1) is 12.5. The van der Waals surface area contributed by atoms with E-state index in [0.29, 0.717) is 0 Å². The van der Waals surface area contributed by atoms with Crippen molar-refractivity contribution >= 4 is 5.91 Å². The highest BCUT2D eigenvalue weighted by Crippen LogP contribution is 2.37. The van der Waals surface area contributed by atoms with Crippen LogP contribution in [0.1, 0.15) is 39.5 Å². The minimum atomic E-state index is -0.900. The normalized spacial score (nSPS) is 20.3. The van der Waals surface area contributed by atoms with Crippen molar-refractivity contribution in [3.63, 3.8) is 0 Å². The Morgan fingerprint density at radius 2 is 1.80 bits per heavy atom. The zero-order chi connectivity index (χ0) is 11.5. The van der Waals surface area contributed by atoms with Crippen LogP contribution in [0.25, 0.3) is 0 Å². The van der Waals surface area contributed by atoms with E-state index in [-0.39, 0.29) is 24.5 Å². The molecule has 0 saturated heterocycles. The molecule has 1 amide bonds. The first-order chi connectivity index (χ1) is 6.96. The highest BCUT2D eigenvalue weighted by molar-refractivity contribution is 5.83. The Morgan fingerprint density at radius 1 is 1.33 bits per heavy atom. The monoisotopic (exact) mass is 215 g/mol. The lowest BCUT2D eigenvalue weighted by molar-refractivity contribution is -0.133. The van der Waals surface area contributed by atoms with Crippen LogP contribution in [0, 0.1) is 5.41 Å². The molecule has 0 aliphatic heterocycles. The number of nitrogens with one attached hydrogen (secondary N) is 1. The van der Waals surface area contributed by atoms with Gasteiger partial charge in [-0.3, -0.25) is 4.79 Å². The topological polar surface area (TPSA) is 69.6 Å². The first-order valence-corrected chi connectivity index (χ1v) is 5.50. The second-order valence-electron chi connectivity index (χ2n) is 5.10. The van der Waals surface area contributed by atoms with E-state index in [0.717, 1.165) is 25.7 Å². The summed E-state index contributed by atoms with van der Waals surface area (Å²) >= 11 is 0. The Labute approximate surface area is 90.7 Å². The molecule has 0 bridgehead atoms. The molecule has 0 aromatic rings. The Morgan fingerprint density at radius 3 is 2.20 bits per heavy atom. The Hall–Kier alpha value is -0.610. The number of carbonyl (C=O) groups is 1. The first-order valence-electron chi connectivity index (χ1n) is 5.50. The second-order valence-corrected chi connectivity index (χ2v) is 5.10. The third-order valence-corrected chi connectivity index (χ3v) is 3.37. The summed E-state index contributed by atoms with van der Waals surface area (Å²) in [5, 5.41) is 20.9. The van der Waals surface area contributed by atoms with E-state index in [4.69, 9.17) is 10.2 Å². The molecule has 1 rings (SSSR count). The van der Waals surface area contributed by atoms with Crippen molar-refractivity contribution in [3.8, 4) is 0 Å². The number of rotatable bonds is 4. The number of amides is 1. The van der Waals surface area contributed by atoms with Crippen LogP contribution >= 0.6 is 0 Å². The van der Waals surface area contributed by atoms with Crippen LogP contribution in [0.3, 0.4) is 0 Å². The van der Waals surface area contributed by atoms with Crippen LogP contribution in [0.4, 0.5) is 0 Å². The lowest BCUT2D eigenvalue weighted by Gasteiger charge is -2.31. The fourth-order valence-corrected chi connectivity index (χ4v) is 1.94. The molecular formula is C11H21NO3. The third-order valence-electron chi connectivity index (χ3n) is 3.37. The molecule has 0 spiro atoms. The average Bonchev–Trinajstić information content (AvgIpc) is 2.66. The molecule has 0 aromatic heterocycles. The van der Waals surface area contributed by atoms with E-state index in [9.17, 15) is 4.79 Å². The molecule has 1 aliphatic carbocycles. The molecule has 0 heterocycles. The minimum absolute atomic E-state index is 0.0504. The number of hydrogen-bond donors (Lipinski definition) is 3. The average molecular weight is 215 g/mol. The summed E-state index contributed by atoms with van der Waals surface area (Å²) in [5.41, 5.74) is -1.21. The Kier molecular flexibility index (Phi) is 3.73. The maximum atomic E-state index is 12.0. The molecule has 0 unspecified atom stereocenters. The van der Waals surface area contributed by atoms with Crippen molar-refractivity contribution < 1.29 is 15.0 Å². The summed E-state index contributed by atoms with van der Waals surface area (Å²) in [5.74, 6) is -0.0504. The molecule has 4 nitrogen and oxygen atoms in total. The van der Waals surface area contributed by atoms with Crippen molar-refractivity contribution in [3.05, 3.63) is 0 Å². The highest BCUT2D eigenvalue weighted by Gasteiger charge is 2.39. The number of aliphatic hydroxyl groups is 2. The number of hydrogen-bond acceptors (Lipinski definition) is 3. The third kappa shape index (κ3) is 2.69. The van der Waals surface area contributed by atoms with E-state index in [2.05, 4.69) is 5.32 Å². The van der Waals surface area contributed by atoms with Crippen molar-refractivity contribution in [1.29, 1.82) is 0 Å². The van der Waals surface area contributed by atoms with Gasteiger partial charge in [0, 0.05) is 5.41 Å². The minimum Gasteiger partial charge on any atom is -0.394 e. The van der Waals surface area contributed by atoms with Crippen LogP contribution < -0.4 is 5.32 Å². The quantitative estimate of drug-likeness (QED) is 0.637. The number of aliphatic hydroxyl groups excluding tert-OH is 2. The van der Waals surface area contributed by atoms with Crippen molar-refractivity contribution in [2.75, 3.05) is 13.2 Å². The van der Waals surface area contributed by atoms with Crippen LogP contribution in [0.15, 0.2) is 0 Å². The van der Waals surface area contributed by atoms with Gasteiger partial charge in [-0.2, -0.15) is 0 Å². The smallest absolute Gasteiger partial charge is 0.226 e. The van der Waals surface area contributed by atoms with E-state index >= 15 is 0 Å². The van der Waals surface area contributed by atoms with Crippen LogP contribution in [0.2, 0.25) is 0 Å². The summed E-state index contributed by atoms with van der Waals surface area (Å²) in [6.45, 7) is 3.10. The fourth-order valence-electron chi connectivity index (χ4n) is 1.94. The molecule has 1 saturated carbocycles. The van der Waals surface area contributed by atoms with Gasteiger partial charge in [-0.25, -0.2) is 0 Å². The predicted octanol–water partition coefficient (Wildman–Crippen LogP) is 0.426. The lowest BCUT2D eigenvalue weighted by atomic mass is 9.86. The standard InChI is InChI=1S/C11H21NO3/c1-10(5-3-4-6-10)9(15)12-11(2,7-13)8-14/h13-14H,3-8H2,1-2H3,(H,12,15). The summed E-state index contributed by atoms with van der Waals surface area (Å²) in [6, 6.07) is 0. The molecule has 0 atom stereocenters. The Balaban J connectivity index is 2.61. The molecule has 0 aromatic carbocycles. The molecule has 4 heteroatoms. The zero-order valence-electron chi connectivity index (χ0n) is 9.55. The van der Waals surface area contributed by atoms with Gasteiger partial charge in [0.15, 0.2) is 0 Å². The van der Waals surface area contributed by atoms with Crippen LogP contribution in [-0.4, -0.2) is 34.9 Å². The molecule has 1 fully saturated rings. The summed E-state index contributed by atoms with van der Waals surface area (Å²) in [7, 11) is 0. The van der Waals surface area contributed by atoms with Crippen molar-refractivity contribution in [1.82, 2.24) is 5.32 Å². The highest BCUT2D eigenvalue weighted by atomic mass is 16.3. The van der Waals surface area contributed by atoms with Gasteiger partial charge >= 0.3 is 0 Å². The van der Waals surface area contributed by atoms with E-state index < -0.39 is 5.54 Å². The van der Waals surface area contributed by atoms with Crippen LogP contribution in [0.5, 0.6) is 0 Å². The molecule has 88 valence electrons. The summed E-state index contributed by atoms with van der Waals surface area (Å²) in [6.07, 6.45) is 3.95. The van der Waals surface area contributed by atoms with Gasteiger partial charge in [0.25, 0.3) is 0 Å². The van der Waals surface area contributed by atoms with E-state index in [1.165, 1.54) is 0 Å². The second kappa shape index (κ2) is 4.49. The fraction of sp³-hybridized carbons (Fsp3) is 0.909. The van der Waals surface area contributed by atoms with Crippen molar-refractivity contribution in [2.24, 2.45) is 5.41 Å². The van der Waals surface area contributed by atoms with Gasteiger partial charge < -0.3 is 15.5 Å². The van der Waals surface area contributed by atoms with Gasteiger partial charge in [-0.1, -0.05) is 19.8 Å². The molecule has 3 N–H and O–H groups in total. The Bertz CT molecular complexity index is 230. The van der Waals surface area contributed by atoms with E-state index in [1.54, 1.807) is 6.92 Å². The maximum absolute atomic E-state index is 12.0. The summed E-state index contributed by atoms with van der Waals surface area (Å²) in [4.78, 5) is 12.0.